The highest BCUT2D eigenvalue weighted by atomic mass is 16.5. The number of hydrogen-bond donors (Lipinski definition) is 1. The van der Waals surface area contributed by atoms with Crippen LogP contribution in [0.1, 0.15) is 11.1 Å². The Hall–Kier alpha value is -4.13. The summed E-state index contributed by atoms with van der Waals surface area (Å²) in [6.07, 6.45) is 1.73. The number of methoxy groups -OCH3 is 4. The van der Waals surface area contributed by atoms with Gasteiger partial charge >= 0.3 is 0 Å². The van der Waals surface area contributed by atoms with Gasteiger partial charge in [-0.15, -0.1) is 0 Å². The van der Waals surface area contributed by atoms with Crippen LogP contribution in [0.3, 0.4) is 0 Å². The van der Waals surface area contributed by atoms with Gasteiger partial charge in [0, 0.05) is 53.6 Å². The fourth-order valence-corrected chi connectivity index (χ4v) is 4.00. The molecule has 0 aliphatic heterocycles. The second kappa shape index (κ2) is 10.2. The molecule has 0 aliphatic rings. The van der Waals surface area contributed by atoms with Crippen LogP contribution in [0.4, 0.5) is 11.5 Å². The van der Waals surface area contributed by atoms with Crippen LogP contribution in [-0.2, 0) is 13.1 Å². The molecule has 0 saturated carbocycles. The van der Waals surface area contributed by atoms with Crippen molar-refractivity contribution >= 4 is 22.3 Å². The first-order valence-electron chi connectivity index (χ1n) is 10.9. The standard InChI is InChI=1S/C27H29N3O4/c1-31-22-8-5-19(25(14-22)33-3)16-30(17-20-6-9-23(32-2)15-26(20)34-4)21-7-10-24-18(13-21)11-12-29-27(24)28/h5-15H,16-17H2,1-4H3,(H2,28,29). The predicted octanol–water partition coefficient (Wildman–Crippen LogP) is 5.06. The summed E-state index contributed by atoms with van der Waals surface area (Å²) in [5.41, 5.74) is 9.18. The van der Waals surface area contributed by atoms with E-state index in [4.69, 9.17) is 24.7 Å². The molecule has 3 aromatic carbocycles. The molecule has 4 rings (SSSR count). The van der Waals surface area contributed by atoms with E-state index in [2.05, 4.69) is 22.0 Å². The fourth-order valence-electron chi connectivity index (χ4n) is 4.00. The van der Waals surface area contributed by atoms with E-state index in [1.165, 1.54) is 0 Å². The van der Waals surface area contributed by atoms with E-state index in [1.54, 1.807) is 34.6 Å². The third kappa shape index (κ3) is 4.78. The van der Waals surface area contributed by atoms with Crippen molar-refractivity contribution in [2.75, 3.05) is 39.1 Å². The first-order chi connectivity index (χ1) is 16.6. The zero-order valence-corrected chi connectivity index (χ0v) is 19.9. The maximum absolute atomic E-state index is 6.08. The van der Waals surface area contributed by atoms with Crippen LogP contribution in [-0.4, -0.2) is 33.4 Å². The molecular formula is C27H29N3O4. The van der Waals surface area contributed by atoms with E-state index in [0.717, 1.165) is 50.6 Å². The lowest BCUT2D eigenvalue weighted by molar-refractivity contribution is 0.389. The van der Waals surface area contributed by atoms with Crippen LogP contribution in [0.25, 0.3) is 10.8 Å². The molecule has 7 heteroatoms. The lowest BCUT2D eigenvalue weighted by atomic mass is 10.1. The van der Waals surface area contributed by atoms with Gasteiger partial charge in [-0.2, -0.15) is 0 Å². The van der Waals surface area contributed by atoms with Crippen LogP contribution < -0.4 is 29.6 Å². The van der Waals surface area contributed by atoms with Gasteiger partial charge in [-0.3, -0.25) is 0 Å². The zero-order valence-electron chi connectivity index (χ0n) is 19.9. The van der Waals surface area contributed by atoms with Gasteiger partial charge in [0.2, 0.25) is 0 Å². The number of ether oxygens (including phenoxy) is 4. The van der Waals surface area contributed by atoms with Crippen LogP contribution >= 0.6 is 0 Å². The monoisotopic (exact) mass is 459 g/mol. The van der Waals surface area contributed by atoms with Crippen LogP contribution in [0.2, 0.25) is 0 Å². The number of nitrogen functional groups attached to an aromatic ring is 1. The summed E-state index contributed by atoms with van der Waals surface area (Å²) in [6, 6.07) is 19.9. The zero-order chi connectivity index (χ0) is 24.1. The molecule has 7 nitrogen and oxygen atoms in total. The third-order valence-corrected chi connectivity index (χ3v) is 5.85. The molecule has 1 aromatic heterocycles. The highest BCUT2D eigenvalue weighted by Crippen LogP contribution is 2.33. The smallest absolute Gasteiger partial charge is 0.131 e. The molecule has 0 atom stereocenters. The summed E-state index contributed by atoms with van der Waals surface area (Å²) >= 11 is 0. The summed E-state index contributed by atoms with van der Waals surface area (Å²) in [4.78, 5) is 6.47. The van der Waals surface area contributed by atoms with E-state index in [0.29, 0.717) is 18.9 Å². The molecule has 0 bridgehead atoms. The summed E-state index contributed by atoms with van der Waals surface area (Å²) in [5, 5.41) is 1.95. The molecule has 0 fully saturated rings. The highest BCUT2D eigenvalue weighted by Gasteiger charge is 2.16. The molecule has 0 spiro atoms. The Labute approximate surface area is 199 Å². The second-order valence-corrected chi connectivity index (χ2v) is 7.81. The summed E-state index contributed by atoms with van der Waals surface area (Å²) in [5.74, 6) is 3.54. The third-order valence-electron chi connectivity index (χ3n) is 5.85. The molecule has 176 valence electrons. The molecule has 0 amide bonds. The molecule has 2 N–H and O–H groups in total. The minimum absolute atomic E-state index is 0.518. The van der Waals surface area contributed by atoms with E-state index in [-0.39, 0.29) is 0 Å². The van der Waals surface area contributed by atoms with E-state index in [9.17, 15) is 0 Å². The number of benzene rings is 3. The Kier molecular flexibility index (Phi) is 6.92. The van der Waals surface area contributed by atoms with Crippen molar-refractivity contribution in [3.63, 3.8) is 0 Å². The van der Waals surface area contributed by atoms with Gasteiger partial charge < -0.3 is 29.6 Å². The van der Waals surface area contributed by atoms with Gasteiger partial charge in [0.25, 0.3) is 0 Å². The Morgan fingerprint density at radius 3 is 1.82 bits per heavy atom. The van der Waals surface area contributed by atoms with E-state index in [1.807, 2.05) is 48.5 Å². The van der Waals surface area contributed by atoms with E-state index < -0.39 is 0 Å². The van der Waals surface area contributed by atoms with Gasteiger partial charge in [0.15, 0.2) is 0 Å². The molecule has 0 aliphatic carbocycles. The Bertz CT molecular complexity index is 1230. The first-order valence-corrected chi connectivity index (χ1v) is 10.9. The lowest BCUT2D eigenvalue weighted by Gasteiger charge is -2.27. The number of nitrogens with two attached hydrogens (primary N) is 1. The quantitative estimate of drug-likeness (QED) is 0.375. The Morgan fingerprint density at radius 2 is 1.29 bits per heavy atom. The largest absolute Gasteiger partial charge is 0.497 e. The number of rotatable bonds is 9. The van der Waals surface area contributed by atoms with Gasteiger partial charge in [0.1, 0.15) is 28.8 Å². The van der Waals surface area contributed by atoms with Crippen molar-refractivity contribution in [1.82, 2.24) is 4.98 Å². The van der Waals surface area contributed by atoms with Crippen molar-refractivity contribution in [2.45, 2.75) is 13.1 Å². The molecular weight excluding hydrogens is 430 g/mol. The van der Waals surface area contributed by atoms with Gasteiger partial charge in [-0.1, -0.05) is 0 Å². The normalized spacial score (nSPS) is 10.7. The Balaban J connectivity index is 1.77. The molecule has 34 heavy (non-hydrogen) atoms. The maximum Gasteiger partial charge on any atom is 0.131 e. The predicted molar refractivity (Wildman–Crippen MR) is 135 cm³/mol. The summed E-state index contributed by atoms with van der Waals surface area (Å²) < 4.78 is 22.1. The highest BCUT2D eigenvalue weighted by molar-refractivity contribution is 5.93. The molecule has 4 aromatic rings. The average molecular weight is 460 g/mol. The van der Waals surface area contributed by atoms with Gasteiger partial charge in [-0.25, -0.2) is 4.98 Å². The minimum atomic E-state index is 0.518. The molecule has 0 unspecified atom stereocenters. The number of aromatic nitrogens is 1. The summed E-state index contributed by atoms with van der Waals surface area (Å²) in [7, 11) is 6.63. The minimum Gasteiger partial charge on any atom is -0.497 e. The van der Waals surface area contributed by atoms with E-state index >= 15 is 0 Å². The maximum atomic E-state index is 6.08. The van der Waals surface area contributed by atoms with Crippen molar-refractivity contribution in [3.05, 3.63) is 78.0 Å². The molecule has 0 saturated heterocycles. The number of pyridine rings is 1. The summed E-state index contributed by atoms with van der Waals surface area (Å²) in [6.45, 7) is 1.21. The second-order valence-electron chi connectivity index (χ2n) is 7.81. The fraction of sp³-hybridized carbons (Fsp3) is 0.222. The number of fused-ring (bicyclic) bond motifs is 1. The van der Waals surface area contributed by atoms with Crippen molar-refractivity contribution in [2.24, 2.45) is 0 Å². The van der Waals surface area contributed by atoms with Crippen LogP contribution in [0.5, 0.6) is 23.0 Å². The topological polar surface area (TPSA) is 79.1 Å². The lowest BCUT2D eigenvalue weighted by Crippen LogP contribution is -2.23. The average Bonchev–Trinajstić information content (AvgIpc) is 2.88. The number of hydrogen-bond acceptors (Lipinski definition) is 7. The Morgan fingerprint density at radius 1 is 0.706 bits per heavy atom. The molecule has 0 radical (unpaired) electrons. The van der Waals surface area contributed by atoms with Gasteiger partial charge in [0.05, 0.1) is 28.4 Å². The van der Waals surface area contributed by atoms with Crippen molar-refractivity contribution < 1.29 is 18.9 Å². The van der Waals surface area contributed by atoms with Gasteiger partial charge in [-0.05, 0) is 53.9 Å². The van der Waals surface area contributed by atoms with Crippen molar-refractivity contribution in [3.8, 4) is 23.0 Å². The number of nitrogens with zero attached hydrogens (tertiary/aromatic N) is 2. The first kappa shape index (κ1) is 23.0. The number of anilines is 2. The van der Waals surface area contributed by atoms with Crippen LogP contribution in [0, 0.1) is 0 Å². The van der Waals surface area contributed by atoms with Crippen molar-refractivity contribution in [1.29, 1.82) is 0 Å². The van der Waals surface area contributed by atoms with Crippen LogP contribution in [0.15, 0.2) is 66.9 Å². The molecule has 1 heterocycles. The SMILES string of the molecule is COc1ccc(CN(Cc2ccc(OC)cc2OC)c2ccc3c(N)nccc3c2)c(OC)c1.